The van der Waals surface area contributed by atoms with Crippen molar-refractivity contribution in [1.29, 1.82) is 0 Å². The van der Waals surface area contributed by atoms with Crippen LogP contribution in [0.4, 0.5) is 11.4 Å². The lowest BCUT2D eigenvalue weighted by Crippen LogP contribution is -2.42. The summed E-state index contributed by atoms with van der Waals surface area (Å²) in [5, 5.41) is 17.1. The monoisotopic (exact) mass is 291 g/mol. The molecule has 1 amide bonds. The van der Waals surface area contributed by atoms with Crippen molar-refractivity contribution in [2.24, 2.45) is 11.3 Å². The van der Waals surface area contributed by atoms with E-state index < -0.39 is 10.3 Å². The van der Waals surface area contributed by atoms with E-state index in [4.69, 9.17) is 0 Å². The molecule has 1 fully saturated rings. The molecule has 0 bridgehead atoms. The summed E-state index contributed by atoms with van der Waals surface area (Å²) in [7, 11) is 0. The van der Waals surface area contributed by atoms with Crippen LogP contribution in [0.2, 0.25) is 0 Å². The molecule has 1 atom stereocenters. The number of nitrogens with one attached hydrogen (secondary N) is 2. The van der Waals surface area contributed by atoms with Gasteiger partial charge in [-0.15, -0.1) is 0 Å². The van der Waals surface area contributed by atoms with Gasteiger partial charge in [-0.3, -0.25) is 14.9 Å². The van der Waals surface area contributed by atoms with E-state index in [9.17, 15) is 14.9 Å². The van der Waals surface area contributed by atoms with E-state index in [1.54, 1.807) is 19.1 Å². The first-order valence-corrected chi connectivity index (χ1v) is 7.14. The fraction of sp³-hybridized carbons (Fsp3) is 0.533. The second kappa shape index (κ2) is 5.81. The van der Waals surface area contributed by atoms with E-state index in [-0.39, 0.29) is 17.5 Å². The third-order valence-electron chi connectivity index (χ3n) is 4.50. The largest absolute Gasteiger partial charge is 0.325 e. The molecule has 1 aromatic carbocycles. The molecule has 1 aliphatic heterocycles. The highest BCUT2D eigenvalue weighted by atomic mass is 16.6. The van der Waals surface area contributed by atoms with Crippen LogP contribution in [0.25, 0.3) is 0 Å². The van der Waals surface area contributed by atoms with E-state index in [1.807, 2.05) is 13.8 Å². The molecule has 2 rings (SSSR count). The van der Waals surface area contributed by atoms with Gasteiger partial charge in [-0.1, -0.05) is 19.9 Å². The van der Waals surface area contributed by atoms with Crippen molar-refractivity contribution in [1.82, 2.24) is 5.32 Å². The van der Waals surface area contributed by atoms with Gasteiger partial charge in [0.15, 0.2) is 0 Å². The number of benzene rings is 1. The first kappa shape index (κ1) is 15.4. The smallest absolute Gasteiger partial charge is 0.274 e. The van der Waals surface area contributed by atoms with Gasteiger partial charge in [0.2, 0.25) is 5.91 Å². The Morgan fingerprint density at radius 3 is 2.71 bits per heavy atom. The minimum Gasteiger partial charge on any atom is -0.325 e. The molecule has 6 nitrogen and oxygen atoms in total. The Morgan fingerprint density at radius 1 is 1.48 bits per heavy atom. The summed E-state index contributed by atoms with van der Waals surface area (Å²) in [5.41, 5.74) is 0.578. The second-order valence-electron chi connectivity index (χ2n) is 5.90. The normalized spacial score (nSPS) is 21.5. The highest BCUT2D eigenvalue weighted by molar-refractivity contribution is 5.97. The van der Waals surface area contributed by atoms with Crippen molar-refractivity contribution in [2.45, 2.75) is 27.2 Å². The summed E-state index contributed by atoms with van der Waals surface area (Å²) in [6, 6.07) is 4.74. The Bertz CT molecular complexity index is 563. The number of nitro groups is 1. The quantitative estimate of drug-likeness (QED) is 0.659. The third-order valence-corrected chi connectivity index (χ3v) is 4.50. The van der Waals surface area contributed by atoms with Gasteiger partial charge in [-0.05, 0) is 31.9 Å². The van der Waals surface area contributed by atoms with E-state index in [0.29, 0.717) is 17.8 Å². The molecule has 1 saturated heterocycles. The van der Waals surface area contributed by atoms with Crippen LogP contribution in [0.3, 0.4) is 0 Å². The number of nitro benzene ring substituents is 1. The molecule has 0 saturated carbocycles. The van der Waals surface area contributed by atoms with Crippen molar-refractivity contribution in [3.63, 3.8) is 0 Å². The van der Waals surface area contributed by atoms with Crippen LogP contribution in [0.1, 0.15) is 25.8 Å². The first-order valence-electron chi connectivity index (χ1n) is 7.14. The molecule has 1 heterocycles. The number of anilines is 1. The fourth-order valence-electron chi connectivity index (χ4n) is 2.86. The number of rotatable bonds is 4. The summed E-state index contributed by atoms with van der Waals surface area (Å²) < 4.78 is 0. The maximum atomic E-state index is 12.7. The van der Waals surface area contributed by atoms with Crippen molar-refractivity contribution in [3.05, 3.63) is 33.9 Å². The first-order chi connectivity index (χ1) is 9.88. The van der Waals surface area contributed by atoms with E-state index in [1.165, 1.54) is 6.07 Å². The Balaban J connectivity index is 2.28. The zero-order chi connectivity index (χ0) is 15.6. The van der Waals surface area contributed by atoms with Gasteiger partial charge < -0.3 is 10.6 Å². The van der Waals surface area contributed by atoms with Gasteiger partial charge in [-0.2, -0.15) is 0 Å². The lowest BCUT2D eigenvalue weighted by molar-refractivity contribution is -0.385. The molecule has 0 aliphatic carbocycles. The topological polar surface area (TPSA) is 84.3 Å². The molecule has 6 heteroatoms. The molecular weight excluding hydrogens is 270 g/mol. The molecule has 1 unspecified atom stereocenters. The molecule has 21 heavy (non-hydrogen) atoms. The fourth-order valence-corrected chi connectivity index (χ4v) is 2.86. The maximum absolute atomic E-state index is 12.7. The summed E-state index contributed by atoms with van der Waals surface area (Å²) in [6.07, 6.45) is 0.782. The van der Waals surface area contributed by atoms with E-state index in [2.05, 4.69) is 10.6 Å². The van der Waals surface area contributed by atoms with Crippen LogP contribution in [0, 0.1) is 28.4 Å². The number of carbonyl (C=O) groups is 1. The van der Waals surface area contributed by atoms with E-state index in [0.717, 1.165) is 13.0 Å². The zero-order valence-corrected chi connectivity index (χ0v) is 12.6. The molecule has 114 valence electrons. The molecule has 2 N–H and O–H groups in total. The van der Waals surface area contributed by atoms with Gasteiger partial charge in [0.05, 0.1) is 21.6 Å². The minimum atomic E-state index is -0.447. The van der Waals surface area contributed by atoms with Gasteiger partial charge in [0.25, 0.3) is 5.69 Å². The lowest BCUT2D eigenvalue weighted by atomic mass is 9.75. The van der Waals surface area contributed by atoms with Crippen molar-refractivity contribution in [2.75, 3.05) is 18.4 Å². The van der Waals surface area contributed by atoms with Gasteiger partial charge in [-0.25, -0.2) is 0 Å². The molecule has 1 aliphatic rings. The van der Waals surface area contributed by atoms with Crippen LogP contribution in [0.15, 0.2) is 18.2 Å². The molecule has 0 aromatic heterocycles. The number of nitrogens with zero attached hydrogens (tertiary/aromatic N) is 1. The van der Waals surface area contributed by atoms with Gasteiger partial charge in [0, 0.05) is 12.6 Å². The summed E-state index contributed by atoms with van der Waals surface area (Å²) in [4.78, 5) is 23.2. The SMILES string of the molecule is Cc1c(NC(=O)C2(C(C)C)CCNC2)cccc1[N+](=O)[O-]. The Kier molecular flexibility index (Phi) is 4.27. The average molecular weight is 291 g/mol. The number of carbonyl (C=O) groups excluding carboxylic acids is 1. The predicted molar refractivity (Wildman–Crippen MR) is 81.2 cm³/mol. The second-order valence-corrected chi connectivity index (χ2v) is 5.90. The third kappa shape index (κ3) is 2.76. The van der Waals surface area contributed by atoms with E-state index >= 15 is 0 Å². The zero-order valence-electron chi connectivity index (χ0n) is 12.6. The summed E-state index contributed by atoms with van der Waals surface area (Å²) in [6.45, 7) is 7.19. The van der Waals surface area contributed by atoms with Crippen molar-refractivity contribution in [3.8, 4) is 0 Å². The van der Waals surface area contributed by atoms with Crippen LogP contribution in [-0.2, 0) is 4.79 Å². The highest BCUT2D eigenvalue weighted by Gasteiger charge is 2.44. The standard InChI is InChI=1S/C15H21N3O3/c1-10(2)15(7-8-16-9-15)14(19)17-12-5-4-6-13(11(12)3)18(20)21/h4-6,10,16H,7-9H2,1-3H3,(H,17,19). The minimum absolute atomic E-state index is 0.0240. The van der Waals surface area contributed by atoms with Crippen molar-refractivity contribution >= 4 is 17.3 Å². The predicted octanol–water partition coefficient (Wildman–Crippen LogP) is 2.48. The Morgan fingerprint density at radius 2 is 2.19 bits per heavy atom. The molecule has 0 radical (unpaired) electrons. The van der Waals surface area contributed by atoms with Crippen LogP contribution in [-0.4, -0.2) is 23.9 Å². The molecule has 1 aromatic rings. The highest BCUT2D eigenvalue weighted by Crippen LogP contribution is 2.36. The van der Waals surface area contributed by atoms with Gasteiger partial charge in [0.1, 0.15) is 0 Å². The Hall–Kier alpha value is -1.95. The lowest BCUT2D eigenvalue weighted by Gasteiger charge is -2.31. The van der Waals surface area contributed by atoms with Crippen LogP contribution >= 0.6 is 0 Å². The number of amides is 1. The molecule has 0 spiro atoms. The van der Waals surface area contributed by atoms with Crippen LogP contribution in [0.5, 0.6) is 0 Å². The summed E-state index contributed by atoms with van der Waals surface area (Å²) >= 11 is 0. The number of hydrogen-bond donors (Lipinski definition) is 2. The van der Waals surface area contributed by atoms with Crippen LogP contribution < -0.4 is 10.6 Å². The molecular formula is C15H21N3O3. The maximum Gasteiger partial charge on any atom is 0.274 e. The summed E-state index contributed by atoms with van der Waals surface area (Å²) in [5.74, 6) is 0.137. The number of hydrogen-bond acceptors (Lipinski definition) is 4. The average Bonchev–Trinajstić information content (AvgIpc) is 2.91. The Labute approximate surface area is 124 Å². The van der Waals surface area contributed by atoms with Gasteiger partial charge >= 0.3 is 0 Å². The van der Waals surface area contributed by atoms with Crippen molar-refractivity contribution < 1.29 is 9.72 Å².